The fraction of sp³-hybridized carbons (Fsp3) is 0.294. The summed E-state index contributed by atoms with van der Waals surface area (Å²) < 4.78 is 19.0. The number of rotatable bonds is 6. The molecule has 4 heteroatoms. The molecule has 2 aromatic carbocycles. The van der Waals surface area contributed by atoms with Gasteiger partial charge in [0.1, 0.15) is 11.6 Å². The molecule has 0 aliphatic heterocycles. The van der Waals surface area contributed by atoms with E-state index in [-0.39, 0.29) is 5.82 Å². The molecule has 0 unspecified atom stereocenters. The first-order chi connectivity index (χ1) is 10.2. The smallest absolute Gasteiger partial charge is 0.137 e. The van der Waals surface area contributed by atoms with Gasteiger partial charge in [0.2, 0.25) is 0 Å². The second-order valence-corrected chi connectivity index (χ2v) is 5.24. The molecule has 0 aromatic heterocycles. The lowest BCUT2D eigenvalue weighted by Gasteiger charge is -2.10. The molecule has 0 spiro atoms. The van der Waals surface area contributed by atoms with Gasteiger partial charge in [-0.25, -0.2) is 4.39 Å². The second-order valence-electron chi connectivity index (χ2n) is 4.83. The van der Waals surface area contributed by atoms with Crippen molar-refractivity contribution in [3.8, 4) is 16.9 Å². The maximum absolute atomic E-state index is 13.8. The van der Waals surface area contributed by atoms with Crippen molar-refractivity contribution in [2.24, 2.45) is 0 Å². The first-order valence-electron chi connectivity index (χ1n) is 6.98. The van der Waals surface area contributed by atoms with Gasteiger partial charge in [0, 0.05) is 12.1 Å². The summed E-state index contributed by atoms with van der Waals surface area (Å²) in [4.78, 5) is 0. The van der Waals surface area contributed by atoms with Crippen LogP contribution in [0, 0.1) is 5.82 Å². The summed E-state index contributed by atoms with van der Waals surface area (Å²) in [6.07, 6.45) is 1.02. The van der Waals surface area contributed by atoms with Gasteiger partial charge in [-0.1, -0.05) is 30.7 Å². The predicted molar refractivity (Wildman–Crippen MR) is 85.4 cm³/mol. The van der Waals surface area contributed by atoms with Crippen molar-refractivity contribution < 1.29 is 9.13 Å². The highest BCUT2D eigenvalue weighted by Gasteiger charge is 2.07. The minimum absolute atomic E-state index is 0.193. The van der Waals surface area contributed by atoms with E-state index in [0.717, 1.165) is 24.1 Å². The summed E-state index contributed by atoms with van der Waals surface area (Å²) >= 11 is 6.14. The minimum Gasteiger partial charge on any atom is -0.495 e. The number of ether oxygens (including phenoxy) is 1. The maximum Gasteiger partial charge on any atom is 0.137 e. The van der Waals surface area contributed by atoms with E-state index in [9.17, 15) is 4.39 Å². The summed E-state index contributed by atoms with van der Waals surface area (Å²) in [6, 6.07) is 10.7. The van der Waals surface area contributed by atoms with E-state index >= 15 is 0 Å². The maximum atomic E-state index is 13.8. The molecule has 0 saturated heterocycles. The van der Waals surface area contributed by atoms with Gasteiger partial charge >= 0.3 is 0 Å². The van der Waals surface area contributed by atoms with Gasteiger partial charge in [0.25, 0.3) is 0 Å². The highest BCUT2D eigenvalue weighted by Crippen LogP contribution is 2.30. The lowest BCUT2D eigenvalue weighted by Crippen LogP contribution is -2.14. The molecule has 1 N–H and O–H groups in total. The van der Waals surface area contributed by atoms with Crippen LogP contribution in [0.4, 0.5) is 4.39 Å². The molecular formula is C17H19ClFNO. The number of benzene rings is 2. The van der Waals surface area contributed by atoms with Crippen LogP contribution in [-0.4, -0.2) is 13.7 Å². The van der Waals surface area contributed by atoms with E-state index < -0.39 is 0 Å². The number of halogens is 2. The van der Waals surface area contributed by atoms with Crippen LogP contribution >= 0.6 is 11.6 Å². The molecule has 0 aliphatic carbocycles. The summed E-state index contributed by atoms with van der Waals surface area (Å²) in [5.74, 6) is 0.439. The van der Waals surface area contributed by atoms with Gasteiger partial charge in [-0.05, 0) is 48.4 Å². The van der Waals surface area contributed by atoms with Crippen LogP contribution in [-0.2, 0) is 6.54 Å². The highest BCUT2D eigenvalue weighted by atomic mass is 35.5. The van der Waals surface area contributed by atoms with Crippen molar-refractivity contribution in [1.29, 1.82) is 0 Å². The molecule has 0 heterocycles. The number of methoxy groups -OCH3 is 1. The second kappa shape index (κ2) is 7.43. The summed E-state index contributed by atoms with van der Waals surface area (Å²) in [6.45, 7) is 3.48. The normalized spacial score (nSPS) is 10.7. The van der Waals surface area contributed by atoms with Crippen molar-refractivity contribution >= 4 is 11.6 Å². The molecule has 2 rings (SSSR count). The van der Waals surface area contributed by atoms with E-state index in [4.69, 9.17) is 16.3 Å². The molecule has 0 atom stereocenters. The molecule has 2 nitrogen and oxygen atoms in total. The van der Waals surface area contributed by atoms with E-state index in [1.807, 2.05) is 24.3 Å². The van der Waals surface area contributed by atoms with Crippen LogP contribution in [0.2, 0.25) is 5.02 Å². The highest BCUT2D eigenvalue weighted by molar-refractivity contribution is 6.32. The van der Waals surface area contributed by atoms with Crippen molar-refractivity contribution in [3.05, 3.63) is 52.8 Å². The average molecular weight is 308 g/mol. The molecule has 0 aliphatic rings. The molecule has 112 valence electrons. The zero-order valence-corrected chi connectivity index (χ0v) is 13.0. The third kappa shape index (κ3) is 3.96. The molecule has 0 amide bonds. The molecule has 21 heavy (non-hydrogen) atoms. The molecule has 2 aromatic rings. The van der Waals surface area contributed by atoms with E-state index in [2.05, 4.69) is 12.2 Å². The first-order valence-corrected chi connectivity index (χ1v) is 7.36. The van der Waals surface area contributed by atoms with Gasteiger partial charge in [-0.15, -0.1) is 0 Å². The summed E-state index contributed by atoms with van der Waals surface area (Å²) in [5.41, 5.74) is 2.54. The Morgan fingerprint density at radius 3 is 2.52 bits per heavy atom. The van der Waals surface area contributed by atoms with E-state index in [0.29, 0.717) is 22.9 Å². The number of hydrogen-bond donors (Lipinski definition) is 1. The molecule has 0 saturated carbocycles. The van der Waals surface area contributed by atoms with Gasteiger partial charge in [-0.3, -0.25) is 0 Å². The quantitative estimate of drug-likeness (QED) is 0.784. The first kappa shape index (κ1) is 15.8. The fourth-order valence-corrected chi connectivity index (χ4v) is 2.39. The lowest BCUT2D eigenvalue weighted by molar-refractivity contribution is 0.415. The lowest BCUT2D eigenvalue weighted by atomic mass is 10.0. The SMILES string of the molecule is CCCNCc1cc(-c2ccc(OC)c(Cl)c2)ccc1F. The Morgan fingerprint density at radius 2 is 1.86 bits per heavy atom. The van der Waals surface area contributed by atoms with Crippen LogP contribution in [0.1, 0.15) is 18.9 Å². The van der Waals surface area contributed by atoms with Crippen molar-refractivity contribution in [3.63, 3.8) is 0 Å². The third-order valence-electron chi connectivity index (χ3n) is 3.27. The van der Waals surface area contributed by atoms with Gasteiger partial charge < -0.3 is 10.1 Å². The summed E-state index contributed by atoms with van der Waals surface area (Å²) in [7, 11) is 1.58. The zero-order valence-electron chi connectivity index (χ0n) is 12.2. The monoisotopic (exact) mass is 307 g/mol. The minimum atomic E-state index is -0.193. The van der Waals surface area contributed by atoms with Gasteiger partial charge in [-0.2, -0.15) is 0 Å². The Labute approximate surface area is 129 Å². The average Bonchev–Trinajstić information content (AvgIpc) is 2.49. The third-order valence-corrected chi connectivity index (χ3v) is 3.57. The topological polar surface area (TPSA) is 21.3 Å². The Balaban J connectivity index is 2.27. The number of hydrogen-bond acceptors (Lipinski definition) is 2. The Bertz CT molecular complexity index is 616. The van der Waals surface area contributed by atoms with Crippen LogP contribution in [0.5, 0.6) is 5.75 Å². The zero-order chi connectivity index (χ0) is 15.2. The standard InChI is InChI=1S/C17H19ClFNO/c1-3-8-20-11-14-9-12(4-6-16(14)19)13-5-7-17(21-2)15(18)10-13/h4-7,9-10,20H,3,8,11H2,1-2H3. The van der Waals surface area contributed by atoms with Crippen molar-refractivity contribution in [1.82, 2.24) is 5.32 Å². The predicted octanol–water partition coefficient (Wildman–Crippen LogP) is 4.65. The molecule has 0 radical (unpaired) electrons. The van der Waals surface area contributed by atoms with Crippen molar-refractivity contribution in [2.75, 3.05) is 13.7 Å². The van der Waals surface area contributed by atoms with Crippen LogP contribution in [0.25, 0.3) is 11.1 Å². The number of nitrogens with one attached hydrogen (secondary N) is 1. The molecular weight excluding hydrogens is 289 g/mol. The van der Waals surface area contributed by atoms with E-state index in [1.54, 1.807) is 13.2 Å². The van der Waals surface area contributed by atoms with Gasteiger partial charge in [0.05, 0.1) is 12.1 Å². The van der Waals surface area contributed by atoms with Crippen LogP contribution < -0.4 is 10.1 Å². The van der Waals surface area contributed by atoms with Crippen molar-refractivity contribution in [2.45, 2.75) is 19.9 Å². The van der Waals surface area contributed by atoms with Crippen LogP contribution in [0.15, 0.2) is 36.4 Å². The molecule has 0 bridgehead atoms. The largest absolute Gasteiger partial charge is 0.495 e. The summed E-state index contributed by atoms with van der Waals surface area (Å²) in [5, 5.41) is 3.76. The fourth-order valence-electron chi connectivity index (χ4n) is 2.14. The Hall–Kier alpha value is -1.58. The molecule has 0 fully saturated rings. The van der Waals surface area contributed by atoms with Crippen LogP contribution in [0.3, 0.4) is 0 Å². The Kier molecular flexibility index (Phi) is 5.59. The Morgan fingerprint density at radius 1 is 1.14 bits per heavy atom. The van der Waals surface area contributed by atoms with E-state index in [1.165, 1.54) is 6.07 Å². The van der Waals surface area contributed by atoms with Gasteiger partial charge in [0.15, 0.2) is 0 Å².